The molecule has 1 aliphatic rings. The molecule has 1 saturated carbocycles. The van der Waals surface area contributed by atoms with E-state index in [1.165, 1.54) is 19.3 Å². The van der Waals surface area contributed by atoms with Gasteiger partial charge in [-0.15, -0.1) is 0 Å². The van der Waals surface area contributed by atoms with Gasteiger partial charge in [0.2, 0.25) is 0 Å². The molecule has 3 aromatic heterocycles. The smallest absolute Gasteiger partial charge is 0.141 e. The van der Waals surface area contributed by atoms with Crippen molar-refractivity contribution in [3.8, 4) is 0 Å². The second-order valence-electron chi connectivity index (χ2n) is 6.45. The summed E-state index contributed by atoms with van der Waals surface area (Å²) < 4.78 is 4.08. The monoisotopic (exact) mass is 310 g/mol. The Morgan fingerprint density at radius 3 is 2.78 bits per heavy atom. The topological polar surface area (TPSA) is 55.4 Å². The Kier molecular flexibility index (Phi) is 3.87. The van der Waals surface area contributed by atoms with Crippen LogP contribution in [-0.2, 0) is 6.54 Å². The first-order chi connectivity index (χ1) is 11.3. The van der Waals surface area contributed by atoms with Gasteiger partial charge in [0.05, 0.1) is 6.54 Å². The zero-order chi connectivity index (χ0) is 15.6. The summed E-state index contributed by atoms with van der Waals surface area (Å²) in [6, 6.07) is 4.11. The zero-order valence-electron chi connectivity index (χ0n) is 13.2. The highest BCUT2D eigenvalue weighted by Crippen LogP contribution is 2.33. The van der Waals surface area contributed by atoms with Crippen LogP contribution in [0.2, 0.25) is 0 Å². The van der Waals surface area contributed by atoms with Gasteiger partial charge >= 0.3 is 0 Å². The van der Waals surface area contributed by atoms with Crippen molar-refractivity contribution in [1.82, 2.24) is 18.9 Å². The maximum atomic E-state index is 10.8. The van der Waals surface area contributed by atoms with Crippen LogP contribution in [-0.4, -0.2) is 24.0 Å². The molecule has 1 atom stereocenters. The maximum absolute atomic E-state index is 10.8. The molecule has 0 amide bonds. The van der Waals surface area contributed by atoms with E-state index >= 15 is 0 Å². The number of aromatic nitrogens is 4. The minimum atomic E-state index is -0.468. The molecule has 1 N–H and O–H groups in total. The van der Waals surface area contributed by atoms with Gasteiger partial charge in [-0.25, -0.2) is 9.97 Å². The second-order valence-corrected chi connectivity index (χ2v) is 6.45. The van der Waals surface area contributed by atoms with Crippen LogP contribution in [0.25, 0.3) is 5.65 Å². The molecule has 1 aliphatic carbocycles. The molecular weight excluding hydrogens is 288 g/mol. The fourth-order valence-corrected chi connectivity index (χ4v) is 3.70. The van der Waals surface area contributed by atoms with Crippen molar-refractivity contribution >= 4 is 5.65 Å². The van der Waals surface area contributed by atoms with E-state index in [1.807, 2.05) is 35.3 Å². The third-order valence-electron chi connectivity index (χ3n) is 4.95. The van der Waals surface area contributed by atoms with E-state index < -0.39 is 6.10 Å². The Balaban J connectivity index is 1.61. The minimum Gasteiger partial charge on any atom is -0.385 e. The van der Waals surface area contributed by atoms with Crippen LogP contribution >= 0.6 is 0 Å². The SMILES string of the molecule is OC(c1nccn1Cc1cccn2ccnc12)C1CCCCC1. The van der Waals surface area contributed by atoms with Gasteiger partial charge in [0, 0.05) is 36.5 Å². The van der Waals surface area contributed by atoms with E-state index in [-0.39, 0.29) is 0 Å². The van der Waals surface area contributed by atoms with Crippen LogP contribution in [0.3, 0.4) is 0 Å². The van der Waals surface area contributed by atoms with Gasteiger partial charge in [0.15, 0.2) is 0 Å². The predicted octanol–water partition coefficient (Wildman–Crippen LogP) is 3.19. The van der Waals surface area contributed by atoms with Gasteiger partial charge in [-0.1, -0.05) is 25.3 Å². The molecule has 3 aromatic rings. The molecule has 0 spiro atoms. The number of imidazole rings is 2. The Morgan fingerprint density at radius 2 is 1.91 bits per heavy atom. The zero-order valence-corrected chi connectivity index (χ0v) is 13.2. The number of nitrogens with zero attached hydrogens (tertiary/aromatic N) is 4. The van der Waals surface area contributed by atoms with Crippen molar-refractivity contribution < 1.29 is 5.11 Å². The number of aliphatic hydroxyl groups excluding tert-OH is 1. The van der Waals surface area contributed by atoms with Crippen molar-refractivity contribution in [3.05, 3.63) is 54.5 Å². The van der Waals surface area contributed by atoms with E-state index in [1.54, 1.807) is 6.20 Å². The summed E-state index contributed by atoms with van der Waals surface area (Å²) in [4.78, 5) is 8.87. The lowest BCUT2D eigenvalue weighted by Crippen LogP contribution is -2.20. The molecule has 0 aliphatic heterocycles. The fourth-order valence-electron chi connectivity index (χ4n) is 3.70. The highest BCUT2D eigenvalue weighted by molar-refractivity contribution is 5.47. The van der Waals surface area contributed by atoms with Crippen molar-refractivity contribution in [3.63, 3.8) is 0 Å². The Hall–Kier alpha value is -2.14. The summed E-state index contributed by atoms with van der Waals surface area (Å²) in [5.74, 6) is 1.12. The van der Waals surface area contributed by atoms with Crippen molar-refractivity contribution in [1.29, 1.82) is 0 Å². The molecule has 0 saturated heterocycles. The molecule has 1 unspecified atom stereocenters. The molecule has 0 aromatic carbocycles. The van der Waals surface area contributed by atoms with E-state index in [0.29, 0.717) is 12.5 Å². The van der Waals surface area contributed by atoms with Crippen LogP contribution in [0.1, 0.15) is 49.6 Å². The molecule has 23 heavy (non-hydrogen) atoms. The number of aliphatic hydroxyl groups is 1. The first-order valence-corrected chi connectivity index (χ1v) is 8.42. The number of hydrogen-bond acceptors (Lipinski definition) is 3. The van der Waals surface area contributed by atoms with Crippen molar-refractivity contribution in [2.45, 2.75) is 44.8 Å². The highest BCUT2D eigenvalue weighted by Gasteiger charge is 2.26. The van der Waals surface area contributed by atoms with Crippen molar-refractivity contribution in [2.75, 3.05) is 0 Å². The summed E-state index contributed by atoms with van der Waals surface area (Å²) in [6.07, 6.45) is 15.0. The first kappa shape index (κ1) is 14.5. The van der Waals surface area contributed by atoms with E-state index in [2.05, 4.69) is 20.6 Å². The highest BCUT2D eigenvalue weighted by atomic mass is 16.3. The van der Waals surface area contributed by atoms with Gasteiger partial charge in [-0.05, 0) is 24.8 Å². The lowest BCUT2D eigenvalue weighted by molar-refractivity contribution is 0.0743. The number of fused-ring (bicyclic) bond motifs is 1. The lowest BCUT2D eigenvalue weighted by Gasteiger charge is -2.26. The van der Waals surface area contributed by atoms with Gasteiger partial charge in [-0.2, -0.15) is 0 Å². The van der Waals surface area contributed by atoms with Crippen LogP contribution in [0.15, 0.2) is 43.1 Å². The third-order valence-corrected chi connectivity index (χ3v) is 4.95. The predicted molar refractivity (Wildman–Crippen MR) is 88.1 cm³/mol. The quantitative estimate of drug-likeness (QED) is 0.805. The number of hydrogen-bond donors (Lipinski definition) is 1. The summed E-state index contributed by atoms with van der Waals surface area (Å²) in [5.41, 5.74) is 2.09. The molecule has 5 nitrogen and oxygen atoms in total. The standard InChI is InChI=1S/C18H22N4O/c23-16(14-5-2-1-3-6-14)18-20-9-12-22(18)13-15-7-4-10-21-11-8-19-17(15)21/h4,7-12,14,16,23H,1-3,5-6,13H2. The van der Waals surface area contributed by atoms with Gasteiger partial charge in [-0.3, -0.25) is 0 Å². The molecule has 0 bridgehead atoms. The molecule has 1 fully saturated rings. The summed E-state index contributed by atoms with van der Waals surface area (Å²) in [5, 5.41) is 10.8. The lowest BCUT2D eigenvalue weighted by atomic mass is 9.85. The van der Waals surface area contributed by atoms with Gasteiger partial charge in [0.25, 0.3) is 0 Å². The van der Waals surface area contributed by atoms with E-state index in [4.69, 9.17) is 0 Å². The molecule has 4 rings (SSSR count). The van der Waals surface area contributed by atoms with Crippen LogP contribution in [0.4, 0.5) is 0 Å². The van der Waals surface area contributed by atoms with E-state index in [0.717, 1.165) is 29.9 Å². The average Bonchev–Trinajstić information content (AvgIpc) is 3.24. The summed E-state index contributed by atoms with van der Waals surface area (Å²) in [6.45, 7) is 0.681. The molecule has 3 heterocycles. The summed E-state index contributed by atoms with van der Waals surface area (Å²) >= 11 is 0. The second kappa shape index (κ2) is 6.16. The normalized spacial score (nSPS) is 17.6. The van der Waals surface area contributed by atoms with Crippen molar-refractivity contribution in [2.24, 2.45) is 5.92 Å². The van der Waals surface area contributed by atoms with Gasteiger partial charge < -0.3 is 14.1 Å². The van der Waals surface area contributed by atoms with Gasteiger partial charge in [0.1, 0.15) is 17.6 Å². The van der Waals surface area contributed by atoms with Crippen LogP contribution in [0.5, 0.6) is 0 Å². The minimum absolute atomic E-state index is 0.340. The average molecular weight is 310 g/mol. The molecular formula is C18H22N4O. The van der Waals surface area contributed by atoms with Crippen LogP contribution in [0, 0.1) is 5.92 Å². The largest absolute Gasteiger partial charge is 0.385 e. The third kappa shape index (κ3) is 2.77. The maximum Gasteiger partial charge on any atom is 0.141 e. The Morgan fingerprint density at radius 1 is 1.09 bits per heavy atom. The Labute approximate surface area is 135 Å². The number of pyridine rings is 1. The van der Waals surface area contributed by atoms with Crippen LogP contribution < -0.4 is 0 Å². The molecule has 5 heteroatoms. The van der Waals surface area contributed by atoms with E-state index in [9.17, 15) is 5.11 Å². The molecule has 120 valence electrons. The molecule has 0 radical (unpaired) electrons. The Bertz CT molecular complexity index is 785. The summed E-state index contributed by atoms with van der Waals surface area (Å²) in [7, 11) is 0. The fraction of sp³-hybridized carbons (Fsp3) is 0.444. The first-order valence-electron chi connectivity index (χ1n) is 8.42. The number of rotatable bonds is 4.